The fourth-order valence-corrected chi connectivity index (χ4v) is 1.07. The smallest absolute Gasteiger partial charge is 0.0669 e. The summed E-state index contributed by atoms with van der Waals surface area (Å²) in [5.41, 5.74) is 5.59. The molecule has 1 heterocycles. The lowest BCUT2D eigenvalue weighted by atomic mass is 9.98. The first-order chi connectivity index (χ1) is 4.33. The van der Waals surface area contributed by atoms with E-state index in [2.05, 4.69) is 11.4 Å². The second-order valence-corrected chi connectivity index (χ2v) is 2.48. The van der Waals surface area contributed by atoms with Crippen LogP contribution in [0, 0.1) is 17.2 Å². The number of nitrogens with one attached hydrogen (secondary N) is 1. The van der Waals surface area contributed by atoms with Gasteiger partial charge in [-0.1, -0.05) is 0 Å². The number of hydrogen-bond acceptors (Lipinski definition) is 3. The van der Waals surface area contributed by atoms with Gasteiger partial charge in [-0.25, -0.2) is 0 Å². The van der Waals surface area contributed by atoms with Crippen molar-refractivity contribution in [1.29, 1.82) is 5.26 Å². The molecular weight excluding hydrogens is 114 g/mol. The zero-order valence-electron chi connectivity index (χ0n) is 5.30. The molecule has 0 spiro atoms. The van der Waals surface area contributed by atoms with E-state index in [4.69, 9.17) is 11.0 Å². The van der Waals surface area contributed by atoms with Crippen molar-refractivity contribution in [2.75, 3.05) is 13.1 Å². The SMILES string of the molecule is N#CC1CNCC(N)C1. The van der Waals surface area contributed by atoms with E-state index in [1.54, 1.807) is 0 Å². The fraction of sp³-hybridized carbons (Fsp3) is 0.833. The van der Waals surface area contributed by atoms with Crippen molar-refractivity contribution in [3.05, 3.63) is 0 Å². The van der Waals surface area contributed by atoms with Gasteiger partial charge in [-0.05, 0) is 6.42 Å². The predicted molar refractivity (Wildman–Crippen MR) is 34.6 cm³/mol. The molecule has 50 valence electrons. The summed E-state index contributed by atoms with van der Waals surface area (Å²) in [5.74, 6) is 0.133. The quantitative estimate of drug-likeness (QED) is 0.456. The van der Waals surface area contributed by atoms with Crippen molar-refractivity contribution >= 4 is 0 Å². The maximum Gasteiger partial charge on any atom is 0.0669 e. The molecule has 2 unspecified atom stereocenters. The minimum Gasteiger partial charge on any atom is -0.327 e. The third-order valence-electron chi connectivity index (χ3n) is 1.57. The highest BCUT2D eigenvalue weighted by atomic mass is 14.9. The summed E-state index contributed by atoms with van der Waals surface area (Å²) >= 11 is 0. The van der Waals surface area contributed by atoms with E-state index < -0.39 is 0 Å². The van der Waals surface area contributed by atoms with Crippen LogP contribution in [0.4, 0.5) is 0 Å². The number of nitrogens with two attached hydrogens (primary N) is 1. The first kappa shape index (κ1) is 6.53. The second-order valence-electron chi connectivity index (χ2n) is 2.48. The van der Waals surface area contributed by atoms with Crippen LogP contribution in [-0.2, 0) is 0 Å². The van der Waals surface area contributed by atoms with Gasteiger partial charge in [0.15, 0.2) is 0 Å². The van der Waals surface area contributed by atoms with Gasteiger partial charge in [-0.2, -0.15) is 5.26 Å². The molecule has 1 fully saturated rings. The van der Waals surface area contributed by atoms with Crippen LogP contribution in [0.1, 0.15) is 6.42 Å². The van der Waals surface area contributed by atoms with Crippen molar-refractivity contribution in [2.24, 2.45) is 11.7 Å². The molecule has 0 saturated carbocycles. The van der Waals surface area contributed by atoms with Crippen molar-refractivity contribution in [3.8, 4) is 6.07 Å². The van der Waals surface area contributed by atoms with Gasteiger partial charge in [0.2, 0.25) is 0 Å². The zero-order valence-corrected chi connectivity index (χ0v) is 5.30. The number of piperidine rings is 1. The lowest BCUT2D eigenvalue weighted by Gasteiger charge is -2.22. The summed E-state index contributed by atoms with van der Waals surface area (Å²) < 4.78 is 0. The third-order valence-corrected chi connectivity index (χ3v) is 1.57. The molecule has 1 aliphatic heterocycles. The normalized spacial score (nSPS) is 35.6. The van der Waals surface area contributed by atoms with E-state index in [0.717, 1.165) is 19.5 Å². The van der Waals surface area contributed by atoms with Crippen LogP contribution < -0.4 is 11.1 Å². The molecule has 0 aliphatic carbocycles. The van der Waals surface area contributed by atoms with Crippen LogP contribution in [0.5, 0.6) is 0 Å². The standard InChI is InChI=1S/C6H11N3/c7-2-5-1-6(8)4-9-3-5/h5-6,9H,1,3-4,8H2. The second kappa shape index (κ2) is 2.81. The number of nitriles is 1. The Morgan fingerprint density at radius 3 is 2.78 bits per heavy atom. The lowest BCUT2D eigenvalue weighted by Crippen LogP contribution is -2.43. The Balaban J connectivity index is 2.34. The van der Waals surface area contributed by atoms with Gasteiger partial charge in [-0.3, -0.25) is 0 Å². The van der Waals surface area contributed by atoms with Crippen LogP contribution in [0.2, 0.25) is 0 Å². The molecule has 1 rings (SSSR count). The Labute approximate surface area is 54.8 Å². The summed E-state index contributed by atoms with van der Waals surface area (Å²) in [6, 6.07) is 2.38. The highest BCUT2D eigenvalue weighted by molar-refractivity contribution is 4.91. The van der Waals surface area contributed by atoms with Gasteiger partial charge in [0.1, 0.15) is 0 Å². The third kappa shape index (κ3) is 1.67. The Morgan fingerprint density at radius 1 is 1.56 bits per heavy atom. The topological polar surface area (TPSA) is 61.8 Å². The van der Waals surface area contributed by atoms with Crippen LogP contribution in [0.15, 0.2) is 0 Å². The molecule has 3 heteroatoms. The molecule has 0 aromatic carbocycles. The highest BCUT2D eigenvalue weighted by Crippen LogP contribution is 2.06. The first-order valence-corrected chi connectivity index (χ1v) is 3.19. The average Bonchev–Trinajstić information content (AvgIpc) is 1.88. The Kier molecular flexibility index (Phi) is 2.04. The molecule has 2 atom stereocenters. The van der Waals surface area contributed by atoms with E-state index in [1.165, 1.54) is 0 Å². The molecule has 0 aromatic heterocycles. The van der Waals surface area contributed by atoms with E-state index in [0.29, 0.717) is 0 Å². The summed E-state index contributed by atoms with van der Waals surface area (Å²) in [7, 11) is 0. The van der Waals surface area contributed by atoms with Crippen molar-refractivity contribution in [3.63, 3.8) is 0 Å². The molecule has 0 aromatic rings. The number of hydrogen-bond donors (Lipinski definition) is 2. The summed E-state index contributed by atoms with van der Waals surface area (Å²) in [6.45, 7) is 1.67. The molecule has 0 bridgehead atoms. The van der Waals surface area contributed by atoms with Gasteiger partial charge < -0.3 is 11.1 Å². The monoisotopic (exact) mass is 125 g/mol. The van der Waals surface area contributed by atoms with Gasteiger partial charge >= 0.3 is 0 Å². The zero-order chi connectivity index (χ0) is 6.69. The Bertz CT molecular complexity index is 127. The van der Waals surface area contributed by atoms with Crippen LogP contribution in [-0.4, -0.2) is 19.1 Å². The van der Waals surface area contributed by atoms with Crippen molar-refractivity contribution < 1.29 is 0 Å². The minimum absolute atomic E-state index is 0.133. The fourth-order valence-electron chi connectivity index (χ4n) is 1.07. The van der Waals surface area contributed by atoms with Gasteiger partial charge in [0, 0.05) is 19.1 Å². The van der Waals surface area contributed by atoms with Crippen LogP contribution in [0.3, 0.4) is 0 Å². The molecular formula is C6H11N3. The van der Waals surface area contributed by atoms with E-state index in [1.807, 2.05) is 0 Å². The van der Waals surface area contributed by atoms with E-state index in [-0.39, 0.29) is 12.0 Å². The van der Waals surface area contributed by atoms with Crippen molar-refractivity contribution in [2.45, 2.75) is 12.5 Å². The van der Waals surface area contributed by atoms with Crippen LogP contribution in [0.25, 0.3) is 0 Å². The summed E-state index contributed by atoms with van der Waals surface area (Å²) in [4.78, 5) is 0. The summed E-state index contributed by atoms with van der Waals surface area (Å²) in [5, 5.41) is 11.6. The van der Waals surface area contributed by atoms with E-state index >= 15 is 0 Å². The molecule has 1 aliphatic rings. The molecule has 0 radical (unpaired) electrons. The highest BCUT2D eigenvalue weighted by Gasteiger charge is 2.17. The van der Waals surface area contributed by atoms with E-state index in [9.17, 15) is 0 Å². The molecule has 0 amide bonds. The largest absolute Gasteiger partial charge is 0.327 e. The maximum atomic E-state index is 8.46. The van der Waals surface area contributed by atoms with Crippen LogP contribution >= 0.6 is 0 Å². The Morgan fingerprint density at radius 2 is 2.33 bits per heavy atom. The molecule has 3 nitrogen and oxygen atoms in total. The Hall–Kier alpha value is -0.590. The molecule has 9 heavy (non-hydrogen) atoms. The lowest BCUT2D eigenvalue weighted by molar-refractivity contribution is 0.398. The maximum absolute atomic E-state index is 8.46. The van der Waals surface area contributed by atoms with Crippen molar-refractivity contribution in [1.82, 2.24) is 5.32 Å². The average molecular weight is 125 g/mol. The predicted octanol–water partition coefficient (Wildman–Crippen LogP) is -0.553. The molecule has 1 saturated heterocycles. The van der Waals surface area contributed by atoms with Gasteiger partial charge in [-0.15, -0.1) is 0 Å². The van der Waals surface area contributed by atoms with Gasteiger partial charge in [0.25, 0.3) is 0 Å². The summed E-state index contributed by atoms with van der Waals surface area (Å²) in [6.07, 6.45) is 0.851. The van der Waals surface area contributed by atoms with Gasteiger partial charge in [0.05, 0.1) is 12.0 Å². The number of nitrogens with zero attached hydrogens (tertiary/aromatic N) is 1. The number of rotatable bonds is 0. The first-order valence-electron chi connectivity index (χ1n) is 3.19. The minimum atomic E-state index is 0.133. The molecule has 3 N–H and O–H groups in total.